The Kier molecular flexibility index (Phi) is 4.82. The van der Waals surface area contributed by atoms with Gasteiger partial charge in [-0.15, -0.1) is 0 Å². The topological polar surface area (TPSA) is 20.2 Å². The molecule has 21 heavy (non-hydrogen) atoms. The summed E-state index contributed by atoms with van der Waals surface area (Å²) in [6, 6.07) is 8.88. The Bertz CT molecular complexity index is 452. The fourth-order valence-electron chi connectivity index (χ4n) is 3.90. The van der Waals surface area contributed by atoms with Crippen molar-refractivity contribution in [3.8, 4) is 0 Å². The molecule has 0 bridgehead atoms. The third-order valence-electron chi connectivity index (χ3n) is 5.20. The van der Waals surface area contributed by atoms with E-state index < -0.39 is 5.60 Å². The summed E-state index contributed by atoms with van der Waals surface area (Å²) in [6.45, 7) is 11.2. The van der Waals surface area contributed by atoms with Gasteiger partial charge in [-0.3, -0.25) is 0 Å². The Labute approximate surface area is 130 Å². The van der Waals surface area contributed by atoms with Gasteiger partial charge in [0.1, 0.15) is 0 Å². The summed E-state index contributed by atoms with van der Waals surface area (Å²) < 4.78 is 0. The Balaban J connectivity index is 2.15. The van der Waals surface area contributed by atoms with E-state index in [1.54, 1.807) is 0 Å². The number of benzene rings is 1. The van der Waals surface area contributed by atoms with E-state index >= 15 is 0 Å². The lowest BCUT2D eigenvalue weighted by Crippen LogP contribution is -2.45. The maximum Gasteiger partial charge on any atom is 0.0718 e. The van der Waals surface area contributed by atoms with Crippen molar-refractivity contribution < 1.29 is 5.11 Å². The van der Waals surface area contributed by atoms with Gasteiger partial charge >= 0.3 is 0 Å². The first-order valence-electron chi connectivity index (χ1n) is 8.54. The van der Waals surface area contributed by atoms with Crippen LogP contribution in [0.3, 0.4) is 0 Å². The maximum absolute atomic E-state index is 11.2. The first kappa shape index (κ1) is 16.5. The molecule has 0 heterocycles. The molecule has 2 atom stereocenters. The van der Waals surface area contributed by atoms with Gasteiger partial charge in [-0.25, -0.2) is 0 Å². The first-order chi connectivity index (χ1) is 9.72. The molecule has 0 saturated heterocycles. The van der Waals surface area contributed by atoms with Crippen LogP contribution in [0.25, 0.3) is 0 Å². The zero-order chi connectivity index (χ0) is 15.7. The number of hydrogen-bond donors (Lipinski definition) is 1. The summed E-state index contributed by atoms with van der Waals surface area (Å²) in [4.78, 5) is 0. The molecule has 0 amide bonds. The van der Waals surface area contributed by atoms with Crippen molar-refractivity contribution in [1.82, 2.24) is 0 Å². The van der Waals surface area contributed by atoms with Crippen LogP contribution in [0.2, 0.25) is 0 Å². The lowest BCUT2D eigenvalue weighted by Gasteiger charge is -2.42. The van der Waals surface area contributed by atoms with Crippen LogP contribution in [0.4, 0.5) is 0 Å². The van der Waals surface area contributed by atoms with E-state index in [9.17, 15) is 5.11 Å². The summed E-state index contributed by atoms with van der Waals surface area (Å²) in [5.41, 5.74) is 2.33. The van der Waals surface area contributed by atoms with Gasteiger partial charge in [0.25, 0.3) is 0 Å². The molecule has 0 radical (unpaired) electrons. The molecule has 1 N–H and O–H groups in total. The predicted octanol–water partition coefficient (Wildman–Crippen LogP) is 5.10. The highest BCUT2D eigenvalue weighted by Crippen LogP contribution is 2.40. The quantitative estimate of drug-likeness (QED) is 0.820. The Morgan fingerprint density at radius 3 is 2.29 bits per heavy atom. The van der Waals surface area contributed by atoms with Crippen molar-refractivity contribution in [2.45, 2.75) is 77.7 Å². The minimum absolute atomic E-state index is 0.195. The number of hydrogen-bond acceptors (Lipinski definition) is 1. The zero-order valence-electron chi connectivity index (χ0n) is 14.4. The van der Waals surface area contributed by atoms with E-state index in [-0.39, 0.29) is 5.41 Å². The highest BCUT2D eigenvalue weighted by Gasteiger charge is 2.40. The van der Waals surface area contributed by atoms with Gasteiger partial charge in [0.2, 0.25) is 0 Å². The molecular formula is C20H32O. The fraction of sp³-hybridized carbons (Fsp3) is 0.700. The van der Waals surface area contributed by atoms with Crippen LogP contribution < -0.4 is 0 Å². The number of aliphatic hydroxyl groups is 1. The summed E-state index contributed by atoms with van der Waals surface area (Å²) >= 11 is 0. The predicted molar refractivity (Wildman–Crippen MR) is 90.6 cm³/mol. The van der Waals surface area contributed by atoms with Crippen LogP contribution >= 0.6 is 0 Å². The second-order valence-corrected chi connectivity index (χ2v) is 8.32. The standard InChI is InChI=1S/C20H32O/c1-15(2)18-8-6-7-13-20(18,21)14-16-9-11-17(12-10-16)19(3,4)5/h9-12,15,18,21H,6-8,13-14H2,1-5H3. The van der Waals surface area contributed by atoms with E-state index in [1.165, 1.54) is 30.4 Å². The third-order valence-corrected chi connectivity index (χ3v) is 5.20. The highest BCUT2D eigenvalue weighted by molar-refractivity contribution is 5.28. The summed E-state index contributed by atoms with van der Waals surface area (Å²) in [6.07, 6.45) is 5.37. The highest BCUT2D eigenvalue weighted by atomic mass is 16.3. The van der Waals surface area contributed by atoms with Gasteiger partial charge in [-0.05, 0) is 41.2 Å². The van der Waals surface area contributed by atoms with Crippen molar-refractivity contribution in [3.63, 3.8) is 0 Å². The molecule has 118 valence electrons. The Morgan fingerprint density at radius 1 is 1.14 bits per heavy atom. The van der Waals surface area contributed by atoms with Crippen molar-refractivity contribution >= 4 is 0 Å². The van der Waals surface area contributed by atoms with E-state index in [1.807, 2.05) is 0 Å². The number of rotatable bonds is 3. The molecule has 0 aromatic heterocycles. The maximum atomic E-state index is 11.2. The zero-order valence-corrected chi connectivity index (χ0v) is 14.4. The molecule has 1 fully saturated rings. The van der Waals surface area contributed by atoms with Crippen molar-refractivity contribution in [1.29, 1.82) is 0 Å². The van der Waals surface area contributed by atoms with E-state index in [4.69, 9.17) is 0 Å². The van der Waals surface area contributed by atoms with Gasteiger partial charge in [-0.1, -0.05) is 71.7 Å². The third kappa shape index (κ3) is 3.88. The minimum Gasteiger partial charge on any atom is -0.389 e. The molecule has 2 rings (SSSR count). The Hall–Kier alpha value is -0.820. The van der Waals surface area contributed by atoms with Gasteiger partial charge in [0.15, 0.2) is 0 Å². The first-order valence-corrected chi connectivity index (χ1v) is 8.54. The van der Waals surface area contributed by atoms with Crippen LogP contribution in [-0.4, -0.2) is 10.7 Å². The van der Waals surface area contributed by atoms with Gasteiger partial charge in [0, 0.05) is 6.42 Å². The van der Waals surface area contributed by atoms with Gasteiger partial charge in [0.05, 0.1) is 5.60 Å². The molecule has 1 aromatic carbocycles. The fourth-order valence-corrected chi connectivity index (χ4v) is 3.90. The van der Waals surface area contributed by atoms with E-state index in [2.05, 4.69) is 58.9 Å². The Morgan fingerprint density at radius 2 is 1.76 bits per heavy atom. The molecule has 0 spiro atoms. The lowest BCUT2D eigenvalue weighted by molar-refractivity contribution is -0.0652. The van der Waals surface area contributed by atoms with Crippen LogP contribution in [-0.2, 0) is 11.8 Å². The second-order valence-electron chi connectivity index (χ2n) is 8.32. The van der Waals surface area contributed by atoms with Gasteiger partial charge < -0.3 is 5.11 Å². The summed E-state index contributed by atoms with van der Waals surface area (Å²) in [7, 11) is 0. The van der Waals surface area contributed by atoms with Crippen LogP contribution in [0.1, 0.15) is 71.4 Å². The molecule has 1 heteroatoms. The van der Waals surface area contributed by atoms with E-state index in [0.29, 0.717) is 11.8 Å². The normalized spacial score (nSPS) is 27.1. The monoisotopic (exact) mass is 288 g/mol. The molecular weight excluding hydrogens is 256 g/mol. The van der Waals surface area contributed by atoms with Gasteiger partial charge in [-0.2, -0.15) is 0 Å². The van der Waals surface area contributed by atoms with E-state index in [0.717, 1.165) is 12.8 Å². The van der Waals surface area contributed by atoms with Crippen LogP contribution in [0.15, 0.2) is 24.3 Å². The smallest absolute Gasteiger partial charge is 0.0718 e. The van der Waals surface area contributed by atoms with Crippen molar-refractivity contribution in [3.05, 3.63) is 35.4 Å². The lowest BCUT2D eigenvalue weighted by atomic mass is 9.68. The summed E-state index contributed by atoms with van der Waals surface area (Å²) in [5.74, 6) is 0.998. The molecule has 1 aliphatic carbocycles. The van der Waals surface area contributed by atoms with Crippen LogP contribution in [0, 0.1) is 11.8 Å². The average molecular weight is 288 g/mol. The second kappa shape index (κ2) is 6.12. The SMILES string of the molecule is CC(C)C1CCCCC1(O)Cc1ccc(C(C)(C)C)cc1. The minimum atomic E-state index is -0.504. The molecule has 1 aliphatic rings. The molecule has 2 unspecified atom stereocenters. The molecule has 1 nitrogen and oxygen atoms in total. The van der Waals surface area contributed by atoms with Crippen molar-refractivity contribution in [2.24, 2.45) is 11.8 Å². The largest absolute Gasteiger partial charge is 0.389 e. The molecule has 0 aliphatic heterocycles. The average Bonchev–Trinajstić information content (AvgIpc) is 2.38. The van der Waals surface area contributed by atoms with Crippen molar-refractivity contribution in [2.75, 3.05) is 0 Å². The summed E-state index contributed by atoms with van der Waals surface area (Å²) in [5, 5.41) is 11.2. The van der Waals surface area contributed by atoms with Crippen LogP contribution in [0.5, 0.6) is 0 Å². The molecule has 1 aromatic rings. The molecule has 1 saturated carbocycles.